The highest BCUT2D eigenvalue weighted by Crippen LogP contribution is 2.26. The van der Waals surface area contributed by atoms with Gasteiger partial charge in [0.2, 0.25) is 10.0 Å². The van der Waals surface area contributed by atoms with Crippen molar-refractivity contribution in [3.8, 4) is 0 Å². The molecular weight excluding hydrogens is 368 g/mol. The molecule has 9 heteroatoms. The fourth-order valence-corrected chi connectivity index (χ4v) is 4.02. The van der Waals surface area contributed by atoms with E-state index in [9.17, 15) is 17.2 Å². The molecular formula is C12H12BrF2N3O2S. The Kier molecular flexibility index (Phi) is 4.45. The van der Waals surface area contributed by atoms with Gasteiger partial charge < -0.3 is 0 Å². The molecule has 0 spiro atoms. The summed E-state index contributed by atoms with van der Waals surface area (Å²) in [6, 6.07) is 1.42. The third kappa shape index (κ3) is 3.47. The first-order valence-electron chi connectivity index (χ1n) is 5.84. The molecule has 2 rings (SSSR count). The van der Waals surface area contributed by atoms with E-state index in [1.54, 1.807) is 24.9 Å². The molecule has 0 radical (unpaired) electrons. The van der Waals surface area contributed by atoms with Crippen LogP contribution < -0.4 is 4.72 Å². The Balaban J connectivity index is 2.29. The minimum absolute atomic E-state index is 0.0364. The minimum Gasteiger partial charge on any atom is -0.275 e. The van der Waals surface area contributed by atoms with Crippen molar-refractivity contribution in [3.05, 3.63) is 45.7 Å². The summed E-state index contributed by atoms with van der Waals surface area (Å²) in [4.78, 5) is -0.620. The zero-order valence-electron chi connectivity index (χ0n) is 11.2. The number of sulfonamides is 1. The van der Waals surface area contributed by atoms with Crippen LogP contribution in [0.1, 0.15) is 11.3 Å². The van der Waals surface area contributed by atoms with Gasteiger partial charge in [0.1, 0.15) is 16.5 Å². The van der Waals surface area contributed by atoms with Crippen LogP contribution in [0.5, 0.6) is 0 Å². The second-order valence-corrected chi connectivity index (χ2v) is 6.99. The van der Waals surface area contributed by atoms with Gasteiger partial charge in [-0.3, -0.25) is 4.68 Å². The molecule has 0 aliphatic rings. The Morgan fingerprint density at radius 3 is 2.57 bits per heavy atom. The van der Waals surface area contributed by atoms with E-state index in [4.69, 9.17) is 0 Å². The Morgan fingerprint density at radius 1 is 1.38 bits per heavy atom. The number of rotatable bonds is 4. The normalized spacial score (nSPS) is 11.9. The van der Waals surface area contributed by atoms with Gasteiger partial charge in [-0.1, -0.05) is 0 Å². The monoisotopic (exact) mass is 379 g/mol. The second kappa shape index (κ2) is 5.82. The van der Waals surface area contributed by atoms with E-state index in [1.165, 1.54) is 0 Å². The largest absolute Gasteiger partial charge is 0.275 e. The molecule has 1 aromatic carbocycles. The fourth-order valence-electron chi connectivity index (χ4n) is 1.85. The van der Waals surface area contributed by atoms with Gasteiger partial charge >= 0.3 is 0 Å². The van der Waals surface area contributed by atoms with Crippen molar-refractivity contribution in [2.45, 2.75) is 18.4 Å². The standard InChI is InChI=1S/C12H12BrF2N3O2S/c1-7-8(6-18(2)17-7)5-16-21(19,20)12-10(13)3-9(14)4-11(12)15/h3-4,6,16H,5H2,1-2H3. The van der Waals surface area contributed by atoms with E-state index in [-0.39, 0.29) is 11.0 Å². The summed E-state index contributed by atoms with van der Waals surface area (Å²) in [5.74, 6) is -2.02. The second-order valence-electron chi connectivity index (χ2n) is 4.44. The van der Waals surface area contributed by atoms with Gasteiger partial charge in [0, 0.05) is 35.9 Å². The Labute approximate surface area is 129 Å². The van der Waals surface area contributed by atoms with Gasteiger partial charge in [0.05, 0.1) is 5.69 Å². The van der Waals surface area contributed by atoms with Crippen molar-refractivity contribution in [3.63, 3.8) is 0 Å². The minimum atomic E-state index is -4.12. The molecule has 0 fully saturated rings. The number of nitrogens with one attached hydrogen (secondary N) is 1. The van der Waals surface area contributed by atoms with E-state index >= 15 is 0 Å². The third-order valence-corrected chi connectivity index (χ3v) is 5.16. The van der Waals surface area contributed by atoms with Crippen molar-refractivity contribution in [2.75, 3.05) is 0 Å². The first kappa shape index (κ1) is 16.1. The molecule has 5 nitrogen and oxygen atoms in total. The molecule has 21 heavy (non-hydrogen) atoms. The predicted octanol–water partition coefficient (Wildman–Crippen LogP) is 2.25. The molecule has 0 atom stereocenters. The van der Waals surface area contributed by atoms with Gasteiger partial charge in [-0.2, -0.15) is 5.10 Å². The number of nitrogens with zero attached hydrogens (tertiary/aromatic N) is 2. The number of aryl methyl sites for hydroxylation is 2. The lowest BCUT2D eigenvalue weighted by molar-refractivity contribution is 0.540. The van der Waals surface area contributed by atoms with Crippen molar-refractivity contribution < 1.29 is 17.2 Å². The zero-order chi connectivity index (χ0) is 15.8. The Bertz CT molecular complexity index is 767. The lowest BCUT2D eigenvalue weighted by atomic mass is 10.3. The highest BCUT2D eigenvalue weighted by atomic mass is 79.9. The summed E-state index contributed by atoms with van der Waals surface area (Å²) in [6.45, 7) is 1.70. The maximum atomic E-state index is 13.7. The summed E-state index contributed by atoms with van der Waals surface area (Å²) < 4.78 is 54.7. The van der Waals surface area contributed by atoms with Gasteiger partial charge in [-0.05, 0) is 28.9 Å². The lowest BCUT2D eigenvalue weighted by Gasteiger charge is -2.09. The summed E-state index contributed by atoms with van der Waals surface area (Å²) in [6.07, 6.45) is 1.66. The van der Waals surface area contributed by atoms with Crippen LogP contribution in [0.2, 0.25) is 0 Å². The van der Waals surface area contributed by atoms with Crippen LogP contribution in [0.25, 0.3) is 0 Å². The summed E-state index contributed by atoms with van der Waals surface area (Å²) >= 11 is 2.86. The first-order chi connectivity index (χ1) is 9.70. The van der Waals surface area contributed by atoms with E-state index < -0.39 is 26.6 Å². The average Bonchev–Trinajstić information content (AvgIpc) is 2.63. The van der Waals surface area contributed by atoms with E-state index in [0.29, 0.717) is 17.3 Å². The van der Waals surface area contributed by atoms with Crippen LogP contribution in [-0.2, 0) is 23.6 Å². The number of aromatic nitrogens is 2. The summed E-state index contributed by atoms with van der Waals surface area (Å²) in [7, 11) is -2.41. The van der Waals surface area contributed by atoms with Crippen LogP contribution in [0, 0.1) is 18.6 Å². The van der Waals surface area contributed by atoms with Gasteiger partial charge in [-0.15, -0.1) is 0 Å². The average molecular weight is 380 g/mol. The van der Waals surface area contributed by atoms with Crippen molar-refractivity contribution >= 4 is 26.0 Å². The molecule has 1 N–H and O–H groups in total. The predicted molar refractivity (Wildman–Crippen MR) is 76.0 cm³/mol. The molecule has 1 heterocycles. The Hall–Kier alpha value is -1.32. The van der Waals surface area contributed by atoms with Crippen LogP contribution in [0.15, 0.2) is 27.7 Å². The molecule has 2 aromatic rings. The zero-order valence-corrected chi connectivity index (χ0v) is 13.6. The highest BCUT2D eigenvalue weighted by molar-refractivity contribution is 9.10. The SMILES string of the molecule is Cc1nn(C)cc1CNS(=O)(=O)c1c(F)cc(F)cc1Br. The van der Waals surface area contributed by atoms with Gasteiger partial charge in [-0.25, -0.2) is 21.9 Å². The smallest absolute Gasteiger partial charge is 0.244 e. The van der Waals surface area contributed by atoms with Crippen LogP contribution in [0.3, 0.4) is 0 Å². The first-order valence-corrected chi connectivity index (χ1v) is 8.11. The molecule has 114 valence electrons. The van der Waals surface area contributed by atoms with Gasteiger partial charge in [0.15, 0.2) is 0 Å². The van der Waals surface area contributed by atoms with Crippen LogP contribution >= 0.6 is 15.9 Å². The topological polar surface area (TPSA) is 64.0 Å². The van der Waals surface area contributed by atoms with Gasteiger partial charge in [0.25, 0.3) is 0 Å². The third-order valence-electron chi connectivity index (χ3n) is 2.80. The van der Waals surface area contributed by atoms with Crippen molar-refractivity contribution in [1.29, 1.82) is 0 Å². The maximum absolute atomic E-state index is 13.7. The van der Waals surface area contributed by atoms with Crippen LogP contribution in [0.4, 0.5) is 8.78 Å². The molecule has 0 unspecified atom stereocenters. The molecule has 0 aliphatic carbocycles. The number of hydrogen-bond acceptors (Lipinski definition) is 3. The molecule has 0 saturated carbocycles. The van der Waals surface area contributed by atoms with Crippen LogP contribution in [-0.4, -0.2) is 18.2 Å². The quantitative estimate of drug-likeness (QED) is 0.885. The van der Waals surface area contributed by atoms with E-state index in [1.807, 2.05) is 0 Å². The van der Waals surface area contributed by atoms with Crippen molar-refractivity contribution in [1.82, 2.24) is 14.5 Å². The van der Waals surface area contributed by atoms with E-state index in [2.05, 4.69) is 25.8 Å². The number of halogens is 3. The molecule has 0 bridgehead atoms. The Morgan fingerprint density at radius 2 is 2.05 bits per heavy atom. The summed E-state index contributed by atoms with van der Waals surface area (Å²) in [5.41, 5.74) is 1.33. The number of benzene rings is 1. The molecule has 1 aromatic heterocycles. The van der Waals surface area contributed by atoms with E-state index in [0.717, 1.165) is 6.07 Å². The fraction of sp³-hybridized carbons (Fsp3) is 0.250. The maximum Gasteiger partial charge on any atom is 0.244 e. The molecule has 0 saturated heterocycles. The lowest BCUT2D eigenvalue weighted by Crippen LogP contribution is -2.25. The number of hydrogen-bond donors (Lipinski definition) is 1. The summed E-state index contributed by atoms with van der Waals surface area (Å²) in [5, 5.41) is 4.08. The molecule has 0 aliphatic heterocycles. The highest BCUT2D eigenvalue weighted by Gasteiger charge is 2.23. The van der Waals surface area contributed by atoms with Crippen molar-refractivity contribution in [2.24, 2.45) is 7.05 Å². The molecule has 0 amide bonds.